The number of ether oxygens (including phenoxy) is 3. The highest BCUT2D eigenvalue weighted by Gasteiger charge is 2.19. The van der Waals surface area contributed by atoms with Gasteiger partial charge in [-0.15, -0.1) is 0 Å². The second-order valence-electron chi connectivity index (χ2n) is 16.9. The highest BCUT2D eigenvalue weighted by Crippen LogP contribution is 2.43. The maximum absolute atomic E-state index is 11.5. The lowest BCUT2D eigenvalue weighted by molar-refractivity contribution is 0.112. The first-order valence-corrected chi connectivity index (χ1v) is 23.7. The fourth-order valence-corrected chi connectivity index (χ4v) is 8.95. The van der Waals surface area contributed by atoms with Crippen molar-refractivity contribution in [3.8, 4) is 28.4 Å². The number of para-hydroxylation sites is 2. The average Bonchev–Trinajstić information content (AvgIpc) is 3.46. The normalized spacial score (nSPS) is 10.8. The van der Waals surface area contributed by atoms with Gasteiger partial charge in [-0.05, 0) is 205 Å². The van der Waals surface area contributed by atoms with Crippen LogP contribution in [0.3, 0.4) is 0 Å². The molecular weight excluding hydrogens is 889 g/mol. The molecule has 0 radical (unpaired) electrons. The quantitative estimate of drug-likeness (QED) is 0.0837. The minimum atomic E-state index is 0.624. The van der Waals surface area contributed by atoms with Crippen LogP contribution in [0.1, 0.15) is 10.4 Å². The molecule has 8 heteroatoms. The van der Waals surface area contributed by atoms with Crippen molar-refractivity contribution in [1.29, 1.82) is 0 Å². The Hall–Kier alpha value is -9.53. The minimum Gasteiger partial charge on any atom is -0.497 e. The van der Waals surface area contributed by atoms with Crippen LogP contribution in [0, 0.1) is 0 Å². The molecule has 0 unspecified atom stereocenters. The van der Waals surface area contributed by atoms with E-state index in [0.29, 0.717) is 5.56 Å². The van der Waals surface area contributed by atoms with E-state index in [0.717, 1.165) is 103 Å². The van der Waals surface area contributed by atoms with Gasteiger partial charge in [0.05, 0.1) is 21.3 Å². The molecule has 0 atom stereocenters. The standard InChI is InChI=1S/C64H52N4O4/c1-70-62-40-34-59(35-41-62)67(52-20-14-47(46-69)15-21-52)57-30-26-55(27-31-57)65(50-10-6-4-7-11-50)53-22-16-48(17-23-53)49-18-24-54(25-19-49)66(51-12-8-5-9-13-51)56-28-32-58(33-29-56)68(60-36-42-63(71-2)43-37-60)61-38-44-64(72-3)45-39-61/h4-46H,1-3H3. The molecule has 352 valence electrons. The highest BCUT2D eigenvalue weighted by molar-refractivity contribution is 5.85. The molecule has 0 aromatic heterocycles. The fraction of sp³-hybridized carbons (Fsp3) is 0.0469. The van der Waals surface area contributed by atoms with Crippen molar-refractivity contribution in [1.82, 2.24) is 0 Å². The summed E-state index contributed by atoms with van der Waals surface area (Å²) in [5.74, 6) is 2.38. The molecule has 0 saturated carbocycles. The smallest absolute Gasteiger partial charge is 0.150 e. The van der Waals surface area contributed by atoms with Crippen LogP contribution in [-0.4, -0.2) is 27.6 Å². The molecule has 8 nitrogen and oxygen atoms in total. The summed E-state index contributed by atoms with van der Waals surface area (Å²) >= 11 is 0. The van der Waals surface area contributed by atoms with Gasteiger partial charge in [-0.2, -0.15) is 0 Å². The van der Waals surface area contributed by atoms with Gasteiger partial charge in [0.2, 0.25) is 0 Å². The van der Waals surface area contributed by atoms with E-state index < -0.39 is 0 Å². The van der Waals surface area contributed by atoms with Gasteiger partial charge >= 0.3 is 0 Å². The Morgan fingerprint density at radius 1 is 0.250 bits per heavy atom. The first-order valence-electron chi connectivity index (χ1n) is 23.7. The molecule has 10 aromatic carbocycles. The van der Waals surface area contributed by atoms with Crippen LogP contribution in [0.4, 0.5) is 68.2 Å². The minimum absolute atomic E-state index is 0.624. The van der Waals surface area contributed by atoms with Crippen LogP contribution in [0.25, 0.3) is 11.1 Å². The zero-order valence-corrected chi connectivity index (χ0v) is 40.2. The lowest BCUT2D eigenvalue weighted by atomic mass is 10.0. The second-order valence-corrected chi connectivity index (χ2v) is 16.9. The number of nitrogens with zero attached hydrogens (tertiary/aromatic N) is 4. The Kier molecular flexibility index (Phi) is 13.7. The zero-order chi connectivity index (χ0) is 49.2. The highest BCUT2D eigenvalue weighted by atomic mass is 16.5. The summed E-state index contributed by atoms with van der Waals surface area (Å²) in [6.45, 7) is 0. The fourth-order valence-electron chi connectivity index (χ4n) is 8.95. The molecule has 10 aromatic rings. The molecule has 0 fully saturated rings. The molecule has 0 amide bonds. The maximum atomic E-state index is 11.5. The summed E-state index contributed by atoms with van der Waals surface area (Å²) in [5.41, 5.74) is 14.9. The van der Waals surface area contributed by atoms with E-state index in [4.69, 9.17) is 14.2 Å². The summed E-state index contributed by atoms with van der Waals surface area (Å²) in [4.78, 5) is 20.5. The molecule has 10 rings (SSSR count). The first kappa shape index (κ1) is 46.2. The Morgan fingerprint density at radius 3 is 0.667 bits per heavy atom. The van der Waals surface area contributed by atoms with Gasteiger partial charge in [0.15, 0.2) is 0 Å². The topological polar surface area (TPSA) is 57.7 Å². The molecule has 0 aliphatic rings. The van der Waals surface area contributed by atoms with Crippen LogP contribution < -0.4 is 33.8 Å². The van der Waals surface area contributed by atoms with Gasteiger partial charge < -0.3 is 33.8 Å². The van der Waals surface area contributed by atoms with Crippen molar-refractivity contribution in [2.75, 3.05) is 40.9 Å². The lowest BCUT2D eigenvalue weighted by Crippen LogP contribution is -2.12. The number of aldehydes is 1. The van der Waals surface area contributed by atoms with Gasteiger partial charge in [-0.3, -0.25) is 4.79 Å². The van der Waals surface area contributed by atoms with Crippen molar-refractivity contribution < 1.29 is 19.0 Å². The predicted molar refractivity (Wildman–Crippen MR) is 296 cm³/mol. The number of benzene rings is 10. The van der Waals surface area contributed by atoms with Crippen molar-refractivity contribution in [2.45, 2.75) is 0 Å². The number of hydrogen-bond donors (Lipinski definition) is 0. The molecule has 0 saturated heterocycles. The van der Waals surface area contributed by atoms with Gasteiger partial charge in [0.1, 0.15) is 23.5 Å². The number of carbonyl (C=O) groups is 1. The molecule has 0 heterocycles. The van der Waals surface area contributed by atoms with E-state index in [9.17, 15) is 4.79 Å². The number of rotatable bonds is 17. The molecule has 0 N–H and O–H groups in total. The summed E-state index contributed by atoms with van der Waals surface area (Å²) < 4.78 is 16.4. The van der Waals surface area contributed by atoms with Crippen molar-refractivity contribution >= 4 is 74.5 Å². The third-order valence-electron chi connectivity index (χ3n) is 12.6. The van der Waals surface area contributed by atoms with Crippen molar-refractivity contribution in [3.05, 3.63) is 260 Å². The van der Waals surface area contributed by atoms with Crippen LogP contribution >= 0.6 is 0 Å². The second kappa shape index (κ2) is 21.4. The van der Waals surface area contributed by atoms with E-state index in [1.54, 1.807) is 21.3 Å². The summed E-state index contributed by atoms with van der Waals surface area (Å²) in [6.07, 6.45) is 0.863. The first-order chi connectivity index (χ1) is 35.5. The van der Waals surface area contributed by atoms with Gasteiger partial charge in [-0.25, -0.2) is 0 Å². The van der Waals surface area contributed by atoms with Crippen molar-refractivity contribution in [3.63, 3.8) is 0 Å². The average molecular weight is 941 g/mol. The van der Waals surface area contributed by atoms with E-state index in [1.165, 1.54) is 0 Å². The van der Waals surface area contributed by atoms with Gasteiger partial charge in [0, 0.05) is 73.8 Å². The molecule has 0 spiro atoms. The lowest BCUT2D eigenvalue weighted by Gasteiger charge is -2.29. The van der Waals surface area contributed by atoms with Crippen LogP contribution in [0.5, 0.6) is 17.2 Å². The molecule has 0 aliphatic carbocycles. The molecular formula is C64H52N4O4. The van der Waals surface area contributed by atoms with Crippen LogP contribution in [0.2, 0.25) is 0 Å². The Balaban J connectivity index is 0.929. The third-order valence-corrected chi connectivity index (χ3v) is 12.6. The SMILES string of the molecule is COc1ccc(N(c2ccc(C=O)cc2)c2ccc(N(c3ccccc3)c3ccc(-c4ccc(N(c5ccccc5)c5ccc(N(c6ccc(OC)cc6)c6ccc(OC)cc6)cc5)cc4)cc3)cc2)cc1. The summed E-state index contributed by atoms with van der Waals surface area (Å²) in [7, 11) is 5.03. The number of carbonyl (C=O) groups excluding carboxylic acids is 1. The zero-order valence-electron chi connectivity index (χ0n) is 40.2. The Morgan fingerprint density at radius 2 is 0.444 bits per heavy atom. The maximum Gasteiger partial charge on any atom is 0.150 e. The number of anilines is 12. The number of methoxy groups -OCH3 is 3. The summed E-state index contributed by atoms with van der Waals surface area (Å²) in [6, 6.07) is 87.4. The molecule has 0 aliphatic heterocycles. The van der Waals surface area contributed by atoms with Gasteiger partial charge in [0.25, 0.3) is 0 Å². The van der Waals surface area contributed by atoms with E-state index in [1.807, 2.05) is 84.9 Å². The van der Waals surface area contributed by atoms with E-state index >= 15 is 0 Å². The molecule has 72 heavy (non-hydrogen) atoms. The van der Waals surface area contributed by atoms with Crippen molar-refractivity contribution in [2.24, 2.45) is 0 Å². The molecule has 0 bridgehead atoms. The van der Waals surface area contributed by atoms with Crippen LogP contribution in [-0.2, 0) is 0 Å². The third kappa shape index (κ3) is 9.97. The van der Waals surface area contributed by atoms with E-state index in [-0.39, 0.29) is 0 Å². The Bertz CT molecular complexity index is 3270. The summed E-state index contributed by atoms with van der Waals surface area (Å²) in [5, 5.41) is 0. The van der Waals surface area contributed by atoms with Crippen LogP contribution in [0.15, 0.2) is 255 Å². The largest absolute Gasteiger partial charge is 0.497 e. The monoisotopic (exact) mass is 940 g/mol. The van der Waals surface area contributed by atoms with Gasteiger partial charge in [-0.1, -0.05) is 60.7 Å². The Labute approximate surface area is 421 Å². The number of hydrogen-bond acceptors (Lipinski definition) is 8. The van der Waals surface area contributed by atoms with E-state index in [2.05, 4.69) is 189 Å². The predicted octanol–water partition coefficient (Wildman–Crippen LogP) is 17.1.